The summed E-state index contributed by atoms with van der Waals surface area (Å²) in [6.45, 7) is 7.91. The third-order valence-corrected chi connectivity index (χ3v) is 5.21. The van der Waals surface area contributed by atoms with E-state index in [0.29, 0.717) is 28.5 Å². The van der Waals surface area contributed by atoms with Crippen LogP contribution < -0.4 is 10.9 Å². The average Bonchev–Trinajstić information content (AvgIpc) is 2.67. The number of aliphatic hydroxyl groups excluding tert-OH is 1. The van der Waals surface area contributed by atoms with Crippen LogP contribution in [-0.4, -0.2) is 51.5 Å². The monoisotopic (exact) mass is 421 g/mol. The molecule has 1 amide bonds. The predicted octanol–water partition coefficient (Wildman–Crippen LogP) is 1.82. The fraction of sp³-hybridized carbons (Fsp3) is 0.500. The molecule has 1 aromatic heterocycles. The lowest BCUT2D eigenvalue weighted by Crippen LogP contribution is -2.34. The first-order valence-corrected chi connectivity index (χ1v) is 10.3. The third kappa shape index (κ3) is 5.80. The highest BCUT2D eigenvalue weighted by Gasteiger charge is 2.21. The molecule has 2 aromatic rings. The summed E-state index contributed by atoms with van der Waals surface area (Å²) in [4.78, 5) is 41.7. The van der Waals surface area contributed by atoms with Gasteiger partial charge in [0.2, 0.25) is 5.91 Å². The molecule has 0 aliphatic heterocycles. The molecule has 0 spiro atoms. The Morgan fingerprint density at radius 2 is 1.97 bits per heavy atom. The van der Waals surface area contributed by atoms with Crippen LogP contribution in [-0.2, 0) is 16.1 Å². The van der Waals surface area contributed by atoms with Gasteiger partial charge in [0.1, 0.15) is 0 Å². The molecule has 0 radical (unpaired) electrons. The Kier molecular flexibility index (Phi) is 7.80. The zero-order valence-electron chi connectivity index (χ0n) is 17.3. The number of carbonyl (C=O) groups is 2. The highest BCUT2D eigenvalue weighted by molar-refractivity contribution is 8.00. The van der Waals surface area contributed by atoms with Crippen molar-refractivity contribution in [1.82, 2.24) is 14.9 Å². The SMILES string of the molecule is COC(=O)c1ccc2c(=O)n(C[C@H](C)O)c(S[C@H](C)C(=O)NCC(C)C)nc2c1. The second kappa shape index (κ2) is 9.89. The van der Waals surface area contributed by atoms with E-state index in [1.54, 1.807) is 13.8 Å². The fourth-order valence-electron chi connectivity index (χ4n) is 2.62. The van der Waals surface area contributed by atoms with E-state index in [2.05, 4.69) is 10.3 Å². The first-order chi connectivity index (χ1) is 13.6. The molecule has 0 saturated heterocycles. The summed E-state index contributed by atoms with van der Waals surface area (Å²) in [7, 11) is 1.28. The van der Waals surface area contributed by atoms with Gasteiger partial charge in [-0.2, -0.15) is 0 Å². The van der Waals surface area contributed by atoms with Crippen LogP contribution in [0, 0.1) is 5.92 Å². The number of aliphatic hydroxyl groups is 1. The van der Waals surface area contributed by atoms with Crippen LogP contribution in [0.5, 0.6) is 0 Å². The van der Waals surface area contributed by atoms with Crippen molar-refractivity contribution in [2.24, 2.45) is 5.92 Å². The van der Waals surface area contributed by atoms with E-state index in [4.69, 9.17) is 4.74 Å². The Hall–Kier alpha value is -2.39. The average molecular weight is 422 g/mol. The number of ether oxygens (including phenoxy) is 1. The molecule has 29 heavy (non-hydrogen) atoms. The van der Waals surface area contributed by atoms with E-state index in [0.717, 1.165) is 11.8 Å². The molecular formula is C20H27N3O5S. The van der Waals surface area contributed by atoms with E-state index in [1.807, 2.05) is 13.8 Å². The molecule has 0 fully saturated rings. The predicted molar refractivity (Wildman–Crippen MR) is 112 cm³/mol. The lowest BCUT2D eigenvalue weighted by atomic mass is 10.1. The number of nitrogens with one attached hydrogen (secondary N) is 1. The van der Waals surface area contributed by atoms with Gasteiger partial charge in [-0.15, -0.1) is 0 Å². The summed E-state index contributed by atoms with van der Waals surface area (Å²) >= 11 is 1.13. The number of benzene rings is 1. The third-order valence-electron chi connectivity index (χ3n) is 4.12. The standard InChI is InChI=1S/C20H27N3O5S/c1-11(2)9-21-17(25)13(4)29-20-22-16-8-14(19(27)28-5)6-7-15(16)18(26)23(20)10-12(3)24/h6-8,11-13,24H,9-10H2,1-5H3,(H,21,25)/t12-,13+/m0/s1. The number of fused-ring (bicyclic) bond motifs is 1. The maximum atomic E-state index is 13.0. The van der Waals surface area contributed by atoms with E-state index < -0.39 is 17.3 Å². The maximum absolute atomic E-state index is 13.0. The molecule has 1 aromatic carbocycles. The summed E-state index contributed by atoms with van der Waals surface area (Å²) in [5.41, 5.74) is 0.264. The Labute approximate surface area is 173 Å². The number of esters is 1. The van der Waals surface area contributed by atoms with Gasteiger partial charge >= 0.3 is 5.97 Å². The van der Waals surface area contributed by atoms with Crippen molar-refractivity contribution < 1.29 is 19.4 Å². The molecule has 0 aliphatic rings. The van der Waals surface area contributed by atoms with Crippen LogP contribution in [0.1, 0.15) is 38.1 Å². The van der Waals surface area contributed by atoms with Crippen LogP contribution in [0.15, 0.2) is 28.2 Å². The van der Waals surface area contributed by atoms with Crippen molar-refractivity contribution in [2.75, 3.05) is 13.7 Å². The number of hydrogen-bond acceptors (Lipinski definition) is 7. The molecule has 0 aliphatic carbocycles. The van der Waals surface area contributed by atoms with Crippen molar-refractivity contribution in [3.05, 3.63) is 34.1 Å². The van der Waals surface area contributed by atoms with Crippen molar-refractivity contribution in [1.29, 1.82) is 0 Å². The number of hydrogen-bond donors (Lipinski definition) is 2. The number of rotatable bonds is 8. The molecule has 0 bridgehead atoms. The minimum Gasteiger partial charge on any atom is -0.465 e. The number of nitrogens with zero attached hydrogens (tertiary/aromatic N) is 2. The number of thioether (sulfide) groups is 1. The maximum Gasteiger partial charge on any atom is 0.337 e. The minimum atomic E-state index is -0.772. The highest BCUT2D eigenvalue weighted by atomic mass is 32.2. The van der Waals surface area contributed by atoms with Gasteiger partial charge < -0.3 is 15.2 Å². The lowest BCUT2D eigenvalue weighted by Gasteiger charge is -2.18. The number of methoxy groups -OCH3 is 1. The molecule has 2 atom stereocenters. The summed E-state index contributed by atoms with van der Waals surface area (Å²) in [5.74, 6) is -0.373. The van der Waals surface area contributed by atoms with Crippen LogP contribution in [0.2, 0.25) is 0 Å². The lowest BCUT2D eigenvalue weighted by molar-refractivity contribution is -0.120. The molecule has 9 heteroatoms. The van der Waals surface area contributed by atoms with Gasteiger partial charge in [0.15, 0.2) is 5.16 Å². The Morgan fingerprint density at radius 1 is 1.28 bits per heavy atom. The van der Waals surface area contributed by atoms with Crippen molar-refractivity contribution in [3.63, 3.8) is 0 Å². The largest absolute Gasteiger partial charge is 0.465 e. The molecule has 0 unspecified atom stereocenters. The fourth-order valence-corrected chi connectivity index (χ4v) is 3.56. The number of amides is 1. The van der Waals surface area contributed by atoms with Gasteiger partial charge in [0.05, 0.1) is 41.5 Å². The second-order valence-corrected chi connectivity index (χ2v) is 8.59. The van der Waals surface area contributed by atoms with Gasteiger partial charge in [-0.3, -0.25) is 14.2 Å². The van der Waals surface area contributed by atoms with E-state index in [9.17, 15) is 19.5 Å². The highest BCUT2D eigenvalue weighted by Crippen LogP contribution is 2.23. The molecule has 1 heterocycles. The molecular weight excluding hydrogens is 394 g/mol. The first-order valence-electron chi connectivity index (χ1n) is 9.39. The molecule has 158 valence electrons. The smallest absolute Gasteiger partial charge is 0.337 e. The van der Waals surface area contributed by atoms with Crippen molar-refractivity contribution >= 4 is 34.5 Å². The van der Waals surface area contributed by atoms with Gasteiger partial charge in [0, 0.05) is 6.54 Å². The van der Waals surface area contributed by atoms with E-state index in [1.165, 1.54) is 29.9 Å². The van der Waals surface area contributed by atoms with Crippen LogP contribution >= 0.6 is 11.8 Å². The van der Waals surface area contributed by atoms with Crippen LogP contribution in [0.4, 0.5) is 0 Å². The minimum absolute atomic E-state index is 0.0448. The molecule has 8 nitrogen and oxygen atoms in total. The Bertz CT molecular complexity index is 955. The van der Waals surface area contributed by atoms with Crippen LogP contribution in [0.3, 0.4) is 0 Å². The summed E-state index contributed by atoms with van der Waals surface area (Å²) in [5, 5.41) is 12.8. The van der Waals surface area contributed by atoms with Gasteiger partial charge in [-0.1, -0.05) is 25.6 Å². The normalized spacial score (nSPS) is 13.3. The second-order valence-electron chi connectivity index (χ2n) is 7.28. The molecule has 2 rings (SSSR count). The zero-order valence-corrected chi connectivity index (χ0v) is 18.1. The summed E-state index contributed by atoms with van der Waals surface area (Å²) in [6.07, 6.45) is -0.772. The summed E-state index contributed by atoms with van der Waals surface area (Å²) in [6, 6.07) is 4.50. The Morgan fingerprint density at radius 3 is 2.55 bits per heavy atom. The Balaban J connectivity index is 2.47. The topological polar surface area (TPSA) is 111 Å². The summed E-state index contributed by atoms with van der Waals surface area (Å²) < 4.78 is 6.09. The van der Waals surface area contributed by atoms with Gasteiger partial charge in [-0.05, 0) is 38.0 Å². The van der Waals surface area contributed by atoms with Gasteiger partial charge in [0.25, 0.3) is 5.56 Å². The van der Waals surface area contributed by atoms with E-state index in [-0.39, 0.29) is 23.6 Å². The zero-order chi connectivity index (χ0) is 21.7. The van der Waals surface area contributed by atoms with Crippen molar-refractivity contribution in [2.45, 2.75) is 50.8 Å². The van der Waals surface area contributed by atoms with Gasteiger partial charge in [-0.25, -0.2) is 9.78 Å². The quantitative estimate of drug-likeness (QED) is 0.380. The number of carbonyl (C=O) groups excluding carboxylic acids is 2. The van der Waals surface area contributed by atoms with Crippen LogP contribution in [0.25, 0.3) is 10.9 Å². The number of aromatic nitrogens is 2. The van der Waals surface area contributed by atoms with Crippen molar-refractivity contribution in [3.8, 4) is 0 Å². The first kappa shape index (κ1) is 22.9. The van der Waals surface area contributed by atoms with E-state index >= 15 is 0 Å². The molecule has 0 saturated carbocycles. The molecule has 2 N–H and O–H groups in total.